The van der Waals surface area contributed by atoms with E-state index < -0.39 is 23.1 Å². The van der Waals surface area contributed by atoms with Crippen molar-refractivity contribution in [1.29, 1.82) is 0 Å². The summed E-state index contributed by atoms with van der Waals surface area (Å²) in [5.41, 5.74) is 3.93. The molecule has 3 saturated heterocycles. The van der Waals surface area contributed by atoms with Gasteiger partial charge in [0, 0.05) is 81.3 Å². The van der Waals surface area contributed by atoms with Crippen LogP contribution in [-0.4, -0.2) is 171 Å². The Labute approximate surface area is 397 Å². The van der Waals surface area contributed by atoms with Crippen molar-refractivity contribution >= 4 is 39.9 Å². The van der Waals surface area contributed by atoms with E-state index in [2.05, 4.69) is 15.2 Å². The predicted octanol–water partition coefficient (Wildman–Crippen LogP) is 3.61. The summed E-state index contributed by atoms with van der Waals surface area (Å²) in [5, 5.41) is 16.2. The standard InChI is InChI=1S/C48H59F3N8O8S/c1-31-25-58(26-42(61)59-30-48(2,3)45-39(59)22-33(37(27-60)53-45)20-32-4-6-35(49)7-5-32)40(24-52-31)46(63)56-10-8-55(9-11-56)43(62)28-66-17-16-65-18-19-67-41-23-34(21-36(50)44(41)51)38-29-68-47(54-38)57-12-14-64-15-13-57/h4-7,21-23,29,31,40,52,60H,8-20,24-28,30H2,1-3H3/t31-,40-/m1/s1. The number of hydrogen-bond donors (Lipinski definition) is 2. The fourth-order valence-electron chi connectivity index (χ4n) is 9.02. The van der Waals surface area contributed by atoms with Crippen LogP contribution in [-0.2, 0) is 47.0 Å². The summed E-state index contributed by atoms with van der Waals surface area (Å²) in [4.78, 5) is 60.0. The van der Waals surface area contributed by atoms with Crippen molar-refractivity contribution in [3.63, 3.8) is 0 Å². The fraction of sp³-hybridized carbons (Fsp3) is 0.521. The fourth-order valence-corrected chi connectivity index (χ4v) is 9.91. The van der Waals surface area contributed by atoms with Gasteiger partial charge in [0.2, 0.25) is 23.5 Å². The zero-order chi connectivity index (χ0) is 48.0. The maximum Gasteiger partial charge on any atom is 0.248 e. The summed E-state index contributed by atoms with van der Waals surface area (Å²) >= 11 is 1.43. The number of amides is 3. The number of carbonyl (C=O) groups is 3. The molecule has 2 aromatic carbocycles. The van der Waals surface area contributed by atoms with Crippen LogP contribution in [0.5, 0.6) is 5.75 Å². The summed E-state index contributed by atoms with van der Waals surface area (Å²) < 4.78 is 64.8. The number of ether oxygens (including phenoxy) is 4. The number of benzene rings is 2. The third kappa shape index (κ3) is 11.6. The summed E-state index contributed by atoms with van der Waals surface area (Å²) in [6, 6.07) is 10.0. The Morgan fingerprint density at radius 3 is 2.38 bits per heavy atom. The Morgan fingerprint density at radius 2 is 1.63 bits per heavy atom. The SMILES string of the molecule is C[C@@H]1CN(CC(=O)N2CC(C)(C)c3nc(CO)c(Cc4ccc(F)cc4)cc32)[C@@H](C(=O)N2CCN(C(=O)COCCOCCOc3cc(-c4csc(N5CCOCC5)n4)cc(F)c3F)CC2)CN1. The number of fused-ring (bicyclic) bond motifs is 1. The van der Waals surface area contributed by atoms with Crippen LogP contribution in [0.25, 0.3) is 11.3 Å². The molecule has 366 valence electrons. The van der Waals surface area contributed by atoms with E-state index in [0.717, 1.165) is 22.3 Å². The van der Waals surface area contributed by atoms with Crippen molar-refractivity contribution in [2.45, 2.75) is 51.3 Å². The minimum absolute atomic E-state index is 0.0107. The van der Waals surface area contributed by atoms with E-state index in [4.69, 9.17) is 23.9 Å². The van der Waals surface area contributed by atoms with Crippen molar-refractivity contribution in [2.24, 2.45) is 0 Å². The zero-order valence-corrected chi connectivity index (χ0v) is 39.5. The smallest absolute Gasteiger partial charge is 0.248 e. The molecule has 20 heteroatoms. The van der Waals surface area contributed by atoms with Gasteiger partial charge in [0.05, 0.1) is 69.0 Å². The second-order valence-electron chi connectivity index (χ2n) is 18.1. The molecule has 0 spiro atoms. The monoisotopic (exact) mass is 964 g/mol. The van der Waals surface area contributed by atoms with Crippen molar-refractivity contribution in [2.75, 3.05) is 121 Å². The number of thiazole rings is 1. The molecular formula is C48H59F3N8O8S. The molecule has 4 aliphatic rings. The van der Waals surface area contributed by atoms with Gasteiger partial charge in [-0.05, 0) is 54.8 Å². The largest absolute Gasteiger partial charge is 0.488 e. The number of carbonyl (C=O) groups excluding carboxylic acids is 3. The summed E-state index contributed by atoms with van der Waals surface area (Å²) in [5.74, 6) is -3.21. The Hall–Kier alpha value is -5.22. The van der Waals surface area contributed by atoms with Gasteiger partial charge in [-0.3, -0.25) is 24.3 Å². The molecule has 2 aromatic heterocycles. The van der Waals surface area contributed by atoms with Gasteiger partial charge in [0.15, 0.2) is 16.7 Å². The molecule has 0 aliphatic carbocycles. The number of hydrogen-bond acceptors (Lipinski definition) is 14. The van der Waals surface area contributed by atoms with Gasteiger partial charge < -0.3 is 49.0 Å². The van der Waals surface area contributed by atoms with E-state index in [-0.39, 0.29) is 81.5 Å². The third-order valence-corrected chi connectivity index (χ3v) is 13.6. The second kappa shape index (κ2) is 22.0. The number of anilines is 2. The van der Waals surface area contributed by atoms with Crippen LogP contribution in [0.2, 0.25) is 0 Å². The van der Waals surface area contributed by atoms with E-state index >= 15 is 0 Å². The van der Waals surface area contributed by atoms with Gasteiger partial charge in [-0.15, -0.1) is 11.3 Å². The number of halogens is 3. The molecule has 8 rings (SSSR count). The highest BCUT2D eigenvalue weighted by Gasteiger charge is 2.43. The number of pyridine rings is 1. The third-order valence-electron chi connectivity index (χ3n) is 12.7. The molecule has 3 amide bonds. The van der Waals surface area contributed by atoms with Crippen LogP contribution in [0.3, 0.4) is 0 Å². The first-order valence-corrected chi connectivity index (χ1v) is 23.9. The quantitative estimate of drug-likeness (QED) is 0.148. The van der Waals surface area contributed by atoms with Crippen LogP contribution in [0.4, 0.5) is 24.0 Å². The van der Waals surface area contributed by atoms with Crippen molar-refractivity contribution in [3.05, 3.63) is 87.8 Å². The normalized spacial score (nSPS) is 19.6. The highest BCUT2D eigenvalue weighted by atomic mass is 32.1. The molecule has 0 saturated carbocycles. The molecule has 3 fully saturated rings. The summed E-state index contributed by atoms with van der Waals surface area (Å²) in [7, 11) is 0. The maximum atomic E-state index is 14.6. The highest BCUT2D eigenvalue weighted by Crippen LogP contribution is 2.41. The van der Waals surface area contributed by atoms with Gasteiger partial charge in [-0.1, -0.05) is 26.0 Å². The van der Waals surface area contributed by atoms with E-state index in [1.165, 1.54) is 29.5 Å². The predicted molar refractivity (Wildman–Crippen MR) is 248 cm³/mol. The summed E-state index contributed by atoms with van der Waals surface area (Å²) in [6.45, 7) is 11.1. The minimum atomic E-state index is -1.10. The molecular weight excluding hydrogens is 906 g/mol. The molecule has 4 aliphatic heterocycles. The number of nitrogens with zero attached hydrogens (tertiary/aromatic N) is 7. The molecule has 4 aromatic rings. The lowest BCUT2D eigenvalue weighted by Crippen LogP contribution is -2.64. The molecule has 6 heterocycles. The Morgan fingerprint density at radius 1 is 0.912 bits per heavy atom. The number of nitrogens with one attached hydrogen (secondary N) is 1. The van der Waals surface area contributed by atoms with Gasteiger partial charge in [-0.2, -0.15) is 4.39 Å². The van der Waals surface area contributed by atoms with Gasteiger partial charge >= 0.3 is 0 Å². The van der Waals surface area contributed by atoms with Gasteiger partial charge in [0.1, 0.15) is 25.1 Å². The van der Waals surface area contributed by atoms with Gasteiger partial charge in [-0.25, -0.2) is 13.8 Å². The molecule has 0 radical (unpaired) electrons. The number of piperazine rings is 2. The first kappa shape index (κ1) is 49.2. The van der Waals surface area contributed by atoms with Crippen LogP contribution in [0.15, 0.2) is 47.8 Å². The lowest BCUT2D eigenvalue weighted by atomic mass is 9.90. The average molecular weight is 965 g/mol. The lowest BCUT2D eigenvalue weighted by molar-refractivity contribution is -0.146. The molecule has 0 unspecified atom stereocenters. The number of rotatable bonds is 17. The molecule has 2 N–H and O–H groups in total. The minimum Gasteiger partial charge on any atom is -0.488 e. The van der Waals surface area contributed by atoms with E-state index in [0.29, 0.717) is 107 Å². The van der Waals surface area contributed by atoms with E-state index in [1.54, 1.807) is 32.2 Å². The second-order valence-corrected chi connectivity index (χ2v) is 19.0. The zero-order valence-electron chi connectivity index (χ0n) is 38.7. The van der Waals surface area contributed by atoms with Crippen LogP contribution in [0, 0.1) is 17.5 Å². The van der Waals surface area contributed by atoms with Crippen LogP contribution in [0.1, 0.15) is 43.3 Å². The maximum absolute atomic E-state index is 14.6. The molecule has 68 heavy (non-hydrogen) atoms. The number of aliphatic hydroxyl groups excluding tert-OH is 1. The highest BCUT2D eigenvalue weighted by molar-refractivity contribution is 7.14. The van der Waals surface area contributed by atoms with Crippen LogP contribution < -0.4 is 19.9 Å². The first-order valence-electron chi connectivity index (χ1n) is 23.1. The van der Waals surface area contributed by atoms with E-state index in [9.17, 15) is 32.7 Å². The Kier molecular flexibility index (Phi) is 15.9. The topological polar surface area (TPSA) is 162 Å². The molecule has 0 bridgehead atoms. The lowest BCUT2D eigenvalue weighted by Gasteiger charge is -2.42. The molecule has 2 atom stereocenters. The van der Waals surface area contributed by atoms with Crippen molar-refractivity contribution < 1.29 is 51.6 Å². The van der Waals surface area contributed by atoms with Crippen molar-refractivity contribution in [3.8, 4) is 17.0 Å². The average Bonchev–Trinajstić information content (AvgIpc) is 3.94. The van der Waals surface area contributed by atoms with Crippen LogP contribution >= 0.6 is 11.3 Å². The number of aliphatic hydroxyl groups is 1. The molecule has 16 nitrogen and oxygen atoms in total. The number of morpholine rings is 1. The first-order chi connectivity index (χ1) is 32.8. The van der Waals surface area contributed by atoms with Crippen molar-refractivity contribution in [1.82, 2.24) is 30.0 Å². The van der Waals surface area contributed by atoms with Gasteiger partial charge in [0.25, 0.3) is 0 Å². The summed E-state index contributed by atoms with van der Waals surface area (Å²) in [6.07, 6.45) is 0.406. The Balaban J connectivity index is 0.767. The Bertz CT molecular complexity index is 2410. The van der Waals surface area contributed by atoms with E-state index in [1.807, 2.05) is 31.7 Å². The number of aromatic nitrogens is 2.